The van der Waals surface area contributed by atoms with Gasteiger partial charge in [0, 0.05) is 34.9 Å². The highest BCUT2D eigenvalue weighted by Crippen LogP contribution is 2.53. The zero-order valence-corrected chi connectivity index (χ0v) is 19.8. The van der Waals surface area contributed by atoms with Gasteiger partial charge in [0.15, 0.2) is 5.17 Å². The first-order chi connectivity index (χ1) is 17.1. The van der Waals surface area contributed by atoms with Gasteiger partial charge in [-0.2, -0.15) is 13.2 Å². The lowest BCUT2D eigenvalue weighted by molar-refractivity contribution is -0.167. The molecule has 0 bridgehead atoms. The largest absolute Gasteiger partial charge is 0.471 e. The molecule has 0 radical (unpaired) electrons. The Kier molecular flexibility index (Phi) is 6.54. The van der Waals surface area contributed by atoms with Crippen LogP contribution in [0, 0.1) is 11.7 Å². The van der Waals surface area contributed by atoms with Crippen LogP contribution in [-0.4, -0.2) is 41.1 Å². The quantitative estimate of drug-likeness (QED) is 0.542. The van der Waals surface area contributed by atoms with Crippen LogP contribution in [0.1, 0.15) is 41.6 Å². The number of carbonyl (C=O) groups excluding carboxylic acids is 2. The Morgan fingerprint density at radius 1 is 1.06 bits per heavy atom. The maximum Gasteiger partial charge on any atom is 0.471 e. The van der Waals surface area contributed by atoms with Crippen LogP contribution in [0.5, 0.6) is 0 Å². The van der Waals surface area contributed by atoms with E-state index in [1.165, 1.54) is 17.8 Å². The summed E-state index contributed by atoms with van der Waals surface area (Å²) < 4.78 is 59.8. The van der Waals surface area contributed by atoms with Gasteiger partial charge in [0.1, 0.15) is 5.82 Å². The highest BCUT2D eigenvalue weighted by atomic mass is 32.2. The zero-order chi connectivity index (χ0) is 25.5. The Hall–Kier alpha value is -2.92. The number of anilines is 1. The molecule has 2 amide bonds. The third-order valence-corrected chi connectivity index (χ3v) is 7.63. The topological polar surface area (TPSA) is 79.8 Å². The van der Waals surface area contributed by atoms with Gasteiger partial charge in [0.25, 0.3) is 5.91 Å². The van der Waals surface area contributed by atoms with Crippen LogP contribution in [0.25, 0.3) is 0 Å². The molecule has 6 nitrogen and oxygen atoms in total. The van der Waals surface area contributed by atoms with E-state index in [2.05, 4.69) is 5.32 Å². The van der Waals surface area contributed by atoms with Crippen LogP contribution in [0.15, 0.2) is 53.5 Å². The number of thioether (sulfide) groups is 1. The molecule has 1 heterocycles. The van der Waals surface area contributed by atoms with Gasteiger partial charge in [-0.15, -0.1) is 0 Å². The van der Waals surface area contributed by atoms with Crippen LogP contribution < -0.4 is 10.6 Å². The number of amides is 2. The van der Waals surface area contributed by atoms with Crippen molar-refractivity contribution >= 4 is 34.4 Å². The molecule has 1 aliphatic heterocycles. The van der Waals surface area contributed by atoms with Gasteiger partial charge in [0.05, 0.1) is 17.7 Å². The molecule has 3 atom stereocenters. The summed E-state index contributed by atoms with van der Waals surface area (Å²) in [6.07, 6.45) is -2.30. The van der Waals surface area contributed by atoms with Crippen molar-refractivity contribution in [1.82, 2.24) is 5.32 Å². The third kappa shape index (κ3) is 5.12. The smallest absolute Gasteiger partial charge is 0.375 e. The highest BCUT2D eigenvalue weighted by Gasteiger charge is 2.53. The molecule has 3 aliphatic rings. The standard InChI is InChI=1S/C25H23F4N3O3S/c26-20-9-6-16(30-22(34)25(27,28)29)11-19(20)24-12-18(35-17-7-8-17)10-15(24)13-36-23(32-24)31-21(33)14-4-2-1-3-5-14/h1-6,9,11,15,17-18H,7-8,10,12-13H2,(H,30,34)(H,31,32,33)/t15-,18?,24-/m0/s1. The minimum absolute atomic E-state index is 0.0705. The van der Waals surface area contributed by atoms with E-state index in [4.69, 9.17) is 9.73 Å². The monoisotopic (exact) mass is 521 g/mol. The molecule has 1 unspecified atom stereocenters. The highest BCUT2D eigenvalue weighted by molar-refractivity contribution is 8.13. The number of nitrogens with zero attached hydrogens (tertiary/aromatic N) is 1. The molecule has 5 rings (SSSR count). The molecule has 2 saturated carbocycles. The number of ether oxygens (including phenoxy) is 1. The number of rotatable bonds is 5. The summed E-state index contributed by atoms with van der Waals surface area (Å²) in [7, 11) is 0. The number of carbonyl (C=O) groups is 2. The Balaban J connectivity index is 1.50. The number of aliphatic imine (C=N–C) groups is 1. The number of benzene rings is 2. The van der Waals surface area contributed by atoms with E-state index < -0.39 is 23.4 Å². The van der Waals surface area contributed by atoms with E-state index in [-0.39, 0.29) is 35.3 Å². The fourth-order valence-electron chi connectivity index (χ4n) is 4.77. The second kappa shape index (κ2) is 9.51. The molecule has 0 spiro atoms. The molecule has 2 aromatic carbocycles. The van der Waals surface area contributed by atoms with Gasteiger partial charge < -0.3 is 15.4 Å². The van der Waals surface area contributed by atoms with Gasteiger partial charge in [-0.25, -0.2) is 4.39 Å². The van der Waals surface area contributed by atoms with Crippen LogP contribution in [0.3, 0.4) is 0 Å². The third-order valence-electron chi connectivity index (χ3n) is 6.60. The van der Waals surface area contributed by atoms with Crippen LogP contribution in [0.2, 0.25) is 0 Å². The average Bonchev–Trinajstić information content (AvgIpc) is 3.58. The lowest BCUT2D eigenvalue weighted by Crippen LogP contribution is -2.40. The summed E-state index contributed by atoms with van der Waals surface area (Å²) in [6, 6.07) is 11.9. The molecule has 190 valence electrons. The SMILES string of the molecule is O=C(NC1=N[C@@]2(c3cc(NC(=O)C(F)(F)F)ccc3F)CC(OC3CC3)C[C@H]2CS1)c1ccccc1. The lowest BCUT2D eigenvalue weighted by Gasteiger charge is -2.36. The summed E-state index contributed by atoms with van der Waals surface area (Å²) in [6.45, 7) is 0. The van der Waals surface area contributed by atoms with E-state index >= 15 is 4.39 Å². The number of fused-ring (bicyclic) bond motifs is 1. The fourth-order valence-corrected chi connectivity index (χ4v) is 5.94. The van der Waals surface area contributed by atoms with Crippen molar-refractivity contribution < 1.29 is 31.9 Å². The number of nitrogens with one attached hydrogen (secondary N) is 2. The predicted octanol–water partition coefficient (Wildman–Crippen LogP) is 5.01. The van der Waals surface area contributed by atoms with Crippen LogP contribution in [-0.2, 0) is 15.1 Å². The fraction of sp³-hybridized carbons (Fsp3) is 0.400. The van der Waals surface area contributed by atoms with Gasteiger partial charge >= 0.3 is 12.1 Å². The van der Waals surface area contributed by atoms with Crippen molar-refractivity contribution in [2.24, 2.45) is 10.9 Å². The number of hydrogen-bond donors (Lipinski definition) is 2. The van der Waals surface area contributed by atoms with Gasteiger partial charge in [-0.05, 0) is 49.6 Å². The number of halogens is 4. The normalized spacial score (nSPS) is 25.6. The summed E-state index contributed by atoms with van der Waals surface area (Å²) in [5, 5.41) is 4.89. The van der Waals surface area contributed by atoms with Crippen molar-refractivity contribution in [1.29, 1.82) is 0 Å². The summed E-state index contributed by atoms with van der Waals surface area (Å²) in [5.41, 5.74) is -0.841. The van der Waals surface area contributed by atoms with E-state index in [0.717, 1.165) is 25.0 Å². The molecule has 36 heavy (non-hydrogen) atoms. The van der Waals surface area contributed by atoms with Crippen LogP contribution in [0.4, 0.5) is 23.2 Å². The van der Waals surface area contributed by atoms with Crippen molar-refractivity contribution in [3.63, 3.8) is 0 Å². The van der Waals surface area contributed by atoms with E-state index in [1.807, 2.05) is 0 Å². The minimum Gasteiger partial charge on any atom is -0.375 e. The van der Waals surface area contributed by atoms with E-state index in [0.29, 0.717) is 29.3 Å². The summed E-state index contributed by atoms with van der Waals surface area (Å²) >= 11 is 1.34. The van der Waals surface area contributed by atoms with Crippen molar-refractivity contribution in [3.05, 3.63) is 65.5 Å². The first kappa shape index (κ1) is 24.8. The second-order valence-electron chi connectivity index (χ2n) is 9.21. The van der Waals surface area contributed by atoms with E-state index in [9.17, 15) is 22.8 Å². The van der Waals surface area contributed by atoms with Gasteiger partial charge in [-0.1, -0.05) is 30.0 Å². The molecular weight excluding hydrogens is 498 g/mol. The summed E-state index contributed by atoms with van der Waals surface area (Å²) in [4.78, 5) is 29.0. The first-order valence-corrected chi connectivity index (χ1v) is 12.6. The Bertz CT molecular complexity index is 1200. The molecule has 2 N–H and O–H groups in total. The zero-order valence-electron chi connectivity index (χ0n) is 19.0. The maximum atomic E-state index is 15.3. The molecule has 2 aromatic rings. The Labute approximate surface area is 208 Å². The van der Waals surface area contributed by atoms with Crippen molar-refractivity contribution in [2.75, 3.05) is 11.1 Å². The maximum absolute atomic E-state index is 15.3. The van der Waals surface area contributed by atoms with Crippen molar-refractivity contribution in [3.8, 4) is 0 Å². The molecular formula is C25H23F4N3O3S. The number of hydrogen-bond acceptors (Lipinski definition) is 5. The van der Waals surface area contributed by atoms with Gasteiger partial charge in [-0.3, -0.25) is 14.6 Å². The lowest BCUT2D eigenvalue weighted by atomic mass is 9.81. The molecule has 0 aromatic heterocycles. The second-order valence-corrected chi connectivity index (χ2v) is 10.2. The molecule has 2 fully saturated rings. The van der Waals surface area contributed by atoms with E-state index in [1.54, 1.807) is 35.6 Å². The first-order valence-electron chi connectivity index (χ1n) is 11.6. The predicted molar refractivity (Wildman–Crippen MR) is 127 cm³/mol. The molecule has 0 saturated heterocycles. The minimum atomic E-state index is -5.08. The molecule has 11 heteroatoms. The van der Waals surface area contributed by atoms with Crippen LogP contribution >= 0.6 is 11.8 Å². The number of alkyl halides is 3. The van der Waals surface area contributed by atoms with Gasteiger partial charge in [0.2, 0.25) is 0 Å². The summed E-state index contributed by atoms with van der Waals surface area (Å²) in [5.74, 6) is -2.83. The van der Waals surface area contributed by atoms with Crippen molar-refractivity contribution in [2.45, 2.75) is 49.6 Å². The molecule has 2 aliphatic carbocycles. The average molecular weight is 522 g/mol. The number of amidine groups is 1. The Morgan fingerprint density at radius 3 is 2.50 bits per heavy atom. The Morgan fingerprint density at radius 2 is 1.81 bits per heavy atom.